The predicted octanol–water partition coefficient (Wildman–Crippen LogP) is 4.25. The number of benzene rings is 2. The van der Waals surface area contributed by atoms with E-state index >= 15 is 0 Å². The van der Waals surface area contributed by atoms with Gasteiger partial charge in [-0.1, -0.05) is 11.6 Å². The zero-order valence-electron chi connectivity index (χ0n) is 11.4. The third kappa shape index (κ3) is 3.39. The Balaban J connectivity index is 1.73. The molecule has 0 amide bonds. The van der Waals surface area contributed by atoms with Gasteiger partial charge in [-0.2, -0.15) is 0 Å². The number of ether oxygens (including phenoxy) is 2. The Bertz CT molecular complexity index is 648. The first-order chi connectivity index (χ1) is 10.2. The van der Waals surface area contributed by atoms with Gasteiger partial charge in [-0.3, -0.25) is 0 Å². The fourth-order valence-electron chi connectivity index (χ4n) is 2.15. The Kier molecular flexibility index (Phi) is 4.15. The first kappa shape index (κ1) is 14.0. The van der Waals surface area contributed by atoms with E-state index < -0.39 is 0 Å². The summed E-state index contributed by atoms with van der Waals surface area (Å²) in [5, 5.41) is 3.69. The van der Waals surface area contributed by atoms with E-state index in [0.29, 0.717) is 36.1 Å². The third-order valence-corrected chi connectivity index (χ3v) is 3.47. The van der Waals surface area contributed by atoms with E-state index in [4.69, 9.17) is 21.1 Å². The van der Waals surface area contributed by atoms with E-state index in [1.54, 1.807) is 6.07 Å². The third-order valence-electron chi connectivity index (χ3n) is 3.24. The van der Waals surface area contributed by atoms with Crippen LogP contribution in [0.3, 0.4) is 0 Å². The zero-order chi connectivity index (χ0) is 14.7. The van der Waals surface area contributed by atoms with Crippen molar-refractivity contribution in [2.75, 3.05) is 18.5 Å². The van der Waals surface area contributed by atoms with Crippen molar-refractivity contribution in [1.29, 1.82) is 0 Å². The summed E-state index contributed by atoms with van der Waals surface area (Å²) in [5.41, 5.74) is 1.37. The Morgan fingerprint density at radius 3 is 2.71 bits per heavy atom. The van der Waals surface area contributed by atoms with Crippen molar-refractivity contribution in [3.05, 3.63) is 52.8 Å². The Morgan fingerprint density at radius 2 is 1.86 bits per heavy atom. The molecule has 0 fully saturated rings. The number of nitrogens with one attached hydrogen (secondary N) is 1. The zero-order valence-corrected chi connectivity index (χ0v) is 12.1. The average molecular weight is 308 g/mol. The van der Waals surface area contributed by atoms with E-state index in [1.807, 2.05) is 18.2 Å². The molecular formula is C16H15ClFNO2. The molecule has 0 saturated heterocycles. The number of fused-ring (bicyclic) bond motifs is 1. The van der Waals surface area contributed by atoms with Crippen molar-refractivity contribution >= 4 is 17.3 Å². The minimum absolute atomic E-state index is 0.277. The molecule has 110 valence electrons. The van der Waals surface area contributed by atoms with Gasteiger partial charge in [0.05, 0.1) is 13.2 Å². The first-order valence-electron chi connectivity index (χ1n) is 6.80. The van der Waals surface area contributed by atoms with Crippen molar-refractivity contribution in [3.8, 4) is 11.5 Å². The fourth-order valence-corrected chi connectivity index (χ4v) is 2.34. The molecule has 1 N–H and O–H groups in total. The lowest BCUT2D eigenvalue weighted by molar-refractivity contribution is 0.297. The van der Waals surface area contributed by atoms with Crippen molar-refractivity contribution in [1.82, 2.24) is 0 Å². The van der Waals surface area contributed by atoms with Crippen molar-refractivity contribution in [2.24, 2.45) is 0 Å². The van der Waals surface area contributed by atoms with Gasteiger partial charge in [-0.25, -0.2) is 4.39 Å². The van der Waals surface area contributed by atoms with Gasteiger partial charge in [-0.05, 0) is 30.3 Å². The van der Waals surface area contributed by atoms with Crippen LogP contribution in [0.2, 0.25) is 5.02 Å². The van der Waals surface area contributed by atoms with Gasteiger partial charge in [0.1, 0.15) is 5.82 Å². The summed E-state index contributed by atoms with van der Waals surface area (Å²) in [4.78, 5) is 0. The van der Waals surface area contributed by atoms with Crippen LogP contribution in [0, 0.1) is 5.82 Å². The van der Waals surface area contributed by atoms with Crippen LogP contribution in [0.1, 0.15) is 12.0 Å². The molecular weight excluding hydrogens is 293 g/mol. The summed E-state index contributed by atoms with van der Waals surface area (Å²) in [6.07, 6.45) is 0.866. The lowest BCUT2D eigenvalue weighted by atomic mass is 10.2. The normalized spacial score (nSPS) is 13.6. The summed E-state index contributed by atoms with van der Waals surface area (Å²) in [7, 11) is 0. The predicted molar refractivity (Wildman–Crippen MR) is 80.8 cm³/mol. The highest BCUT2D eigenvalue weighted by molar-refractivity contribution is 6.30. The number of rotatable bonds is 3. The molecule has 0 saturated carbocycles. The average Bonchev–Trinajstić information content (AvgIpc) is 2.73. The maximum atomic E-state index is 13.7. The summed E-state index contributed by atoms with van der Waals surface area (Å²) >= 11 is 5.88. The first-order valence-corrected chi connectivity index (χ1v) is 7.17. The summed E-state index contributed by atoms with van der Waals surface area (Å²) in [6.45, 7) is 1.65. The lowest BCUT2D eigenvalue weighted by Crippen LogP contribution is -2.02. The van der Waals surface area contributed by atoms with E-state index in [2.05, 4.69) is 5.32 Å². The van der Waals surface area contributed by atoms with Gasteiger partial charge in [0.15, 0.2) is 11.5 Å². The Morgan fingerprint density at radius 1 is 1.05 bits per heavy atom. The molecule has 21 heavy (non-hydrogen) atoms. The molecule has 1 aliphatic rings. The summed E-state index contributed by atoms with van der Waals surface area (Å²) < 4.78 is 24.9. The highest BCUT2D eigenvalue weighted by atomic mass is 35.5. The van der Waals surface area contributed by atoms with Gasteiger partial charge in [-0.15, -0.1) is 0 Å². The highest BCUT2D eigenvalue weighted by Crippen LogP contribution is 2.32. The molecule has 3 rings (SSSR count). The number of hydrogen-bond acceptors (Lipinski definition) is 3. The van der Waals surface area contributed by atoms with Crippen LogP contribution in [0.15, 0.2) is 36.4 Å². The molecule has 0 bridgehead atoms. The molecule has 2 aromatic rings. The van der Waals surface area contributed by atoms with Crippen LogP contribution in [0.4, 0.5) is 10.1 Å². The van der Waals surface area contributed by atoms with Crippen molar-refractivity contribution < 1.29 is 13.9 Å². The fraction of sp³-hybridized carbons (Fsp3) is 0.250. The molecule has 0 radical (unpaired) electrons. The quantitative estimate of drug-likeness (QED) is 0.919. The molecule has 1 aliphatic heterocycles. The molecule has 5 heteroatoms. The van der Waals surface area contributed by atoms with Crippen LogP contribution in [-0.2, 0) is 6.54 Å². The van der Waals surface area contributed by atoms with Crippen LogP contribution in [0.25, 0.3) is 0 Å². The largest absolute Gasteiger partial charge is 0.490 e. The standard InChI is InChI=1S/C16H15ClFNO2/c17-12-2-4-14(18)11(8-12)10-19-13-3-5-15-16(9-13)21-7-1-6-20-15/h2-5,8-9,19H,1,6-7,10H2. The second-order valence-electron chi connectivity index (χ2n) is 4.80. The molecule has 0 aliphatic carbocycles. The smallest absolute Gasteiger partial charge is 0.163 e. The maximum Gasteiger partial charge on any atom is 0.163 e. The van der Waals surface area contributed by atoms with E-state index in [0.717, 1.165) is 17.9 Å². The van der Waals surface area contributed by atoms with Gasteiger partial charge in [0, 0.05) is 35.3 Å². The van der Waals surface area contributed by atoms with Crippen molar-refractivity contribution in [2.45, 2.75) is 13.0 Å². The number of anilines is 1. The molecule has 3 nitrogen and oxygen atoms in total. The minimum Gasteiger partial charge on any atom is -0.490 e. The van der Waals surface area contributed by atoms with E-state index in [1.165, 1.54) is 12.1 Å². The minimum atomic E-state index is -0.277. The molecule has 0 aromatic heterocycles. The van der Waals surface area contributed by atoms with Gasteiger partial charge in [0.25, 0.3) is 0 Å². The highest BCUT2D eigenvalue weighted by Gasteiger charge is 2.11. The molecule has 0 spiro atoms. The Labute approximate surface area is 127 Å². The molecule has 1 heterocycles. The molecule has 0 unspecified atom stereocenters. The summed E-state index contributed by atoms with van der Waals surface area (Å²) in [5.74, 6) is 1.18. The van der Waals surface area contributed by atoms with E-state index in [-0.39, 0.29) is 5.82 Å². The maximum absolute atomic E-state index is 13.7. The van der Waals surface area contributed by atoms with E-state index in [9.17, 15) is 4.39 Å². The second kappa shape index (κ2) is 6.22. The van der Waals surface area contributed by atoms with Gasteiger partial charge < -0.3 is 14.8 Å². The monoisotopic (exact) mass is 307 g/mol. The second-order valence-corrected chi connectivity index (χ2v) is 5.24. The van der Waals surface area contributed by atoms with Gasteiger partial charge >= 0.3 is 0 Å². The summed E-state index contributed by atoms with van der Waals surface area (Å²) in [6, 6.07) is 10.1. The van der Waals surface area contributed by atoms with Crippen LogP contribution >= 0.6 is 11.6 Å². The Hall–Kier alpha value is -1.94. The van der Waals surface area contributed by atoms with Crippen molar-refractivity contribution in [3.63, 3.8) is 0 Å². The van der Waals surface area contributed by atoms with Gasteiger partial charge in [0.2, 0.25) is 0 Å². The number of halogens is 2. The molecule has 2 aromatic carbocycles. The van der Waals surface area contributed by atoms with Crippen LogP contribution in [0.5, 0.6) is 11.5 Å². The number of hydrogen-bond donors (Lipinski definition) is 1. The lowest BCUT2D eigenvalue weighted by Gasteiger charge is -2.11. The SMILES string of the molecule is Fc1ccc(Cl)cc1CNc1ccc2c(c1)OCCCO2. The van der Waals surface area contributed by atoms with Crippen LogP contribution in [-0.4, -0.2) is 13.2 Å². The van der Waals surface area contributed by atoms with Crippen LogP contribution < -0.4 is 14.8 Å². The molecule has 0 atom stereocenters. The topological polar surface area (TPSA) is 30.5 Å².